The summed E-state index contributed by atoms with van der Waals surface area (Å²) in [6.07, 6.45) is 1.64. The molecule has 12 heteroatoms. The molecule has 1 aliphatic rings. The first kappa shape index (κ1) is 27.3. The van der Waals surface area contributed by atoms with Crippen LogP contribution in [0.4, 0.5) is 14.9 Å². The Labute approximate surface area is 234 Å². The van der Waals surface area contributed by atoms with Crippen molar-refractivity contribution in [3.63, 3.8) is 0 Å². The number of hydrogen-bond donors (Lipinski definition) is 4. The van der Waals surface area contributed by atoms with Crippen molar-refractivity contribution in [2.75, 3.05) is 19.5 Å². The van der Waals surface area contributed by atoms with Crippen LogP contribution in [0.1, 0.15) is 34.5 Å². The van der Waals surface area contributed by atoms with E-state index in [1.54, 1.807) is 49.5 Å². The van der Waals surface area contributed by atoms with Gasteiger partial charge in [-0.25, -0.2) is 14.2 Å². The van der Waals surface area contributed by atoms with E-state index >= 15 is 0 Å². The van der Waals surface area contributed by atoms with Crippen molar-refractivity contribution >= 4 is 40.1 Å². The number of rotatable bonds is 8. The first-order valence-electron chi connectivity index (χ1n) is 12.7. The molecule has 0 aliphatic carbocycles. The van der Waals surface area contributed by atoms with Gasteiger partial charge in [0.25, 0.3) is 5.91 Å². The van der Waals surface area contributed by atoms with E-state index in [4.69, 9.17) is 9.47 Å². The number of aliphatic imine (C=N–C) groups is 1. The fourth-order valence-corrected chi connectivity index (χ4v) is 4.85. The summed E-state index contributed by atoms with van der Waals surface area (Å²) >= 11 is 0. The van der Waals surface area contributed by atoms with E-state index in [1.807, 2.05) is 0 Å². The smallest absolute Gasteiger partial charge is 0.341 e. The molecule has 11 nitrogen and oxygen atoms in total. The Morgan fingerprint density at radius 3 is 2.54 bits per heavy atom. The minimum atomic E-state index is -0.924. The molecule has 5 rings (SSSR count). The van der Waals surface area contributed by atoms with Gasteiger partial charge < -0.3 is 25.4 Å². The highest BCUT2D eigenvalue weighted by Gasteiger charge is 2.37. The normalized spacial score (nSPS) is 16.5. The number of urea groups is 1. The molecule has 2 heterocycles. The van der Waals surface area contributed by atoms with Gasteiger partial charge in [0.05, 0.1) is 49.6 Å². The number of carbonyl (C=O) groups is 3. The Kier molecular flexibility index (Phi) is 7.64. The van der Waals surface area contributed by atoms with Gasteiger partial charge in [-0.15, -0.1) is 0 Å². The number of benzene rings is 3. The summed E-state index contributed by atoms with van der Waals surface area (Å²) in [7, 11) is 2.99. The van der Waals surface area contributed by atoms with E-state index < -0.39 is 35.6 Å². The number of aromatic nitrogens is 2. The third kappa shape index (κ3) is 5.57. The van der Waals surface area contributed by atoms with Crippen LogP contribution in [0.25, 0.3) is 10.9 Å². The second-order valence-electron chi connectivity index (χ2n) is 9.38. The number of nitrogens with zero attached hydrogens (tertiary/aromatic N) is 2. The zero-order valence-electron chi connectivity index (χ0n) is 22.4. The fraction of sp³-hybridized carbons (Fsp3) is 0.207. The topological polar surface area (TPSA) is 147 Å². The molecule has 1 aromatic heterocycles. The summed E-state index contributed by atoms with van der Waals surface area (Å²) in [5.74, 6) is -1.82. The number of fused-ring (bicyclic) bond motifs is 1. The van der Waals surface area contributed by atoms with Crippen molar-refractivity contribution in [2.24, 2.45) is 10.9 Å². The van der Waals surface area contributed by atoms with Gasteiger partial charge in [-0.2, -0.15) is 5.10 Å². The van der Waals surface area contributed by atoms with Gasteiger partial charge in [-0.05, 0) is 55.0 Å². The highest BCUT2D eigenvalue weighted by molar-refractivity contribution is 6.13. The summed E-state index contributed by atoms with van der Waals surface area (Å²) in [4.78, 5) is 42.9. The lowest BCUT2D eigenvalue weighted by atomic mass is 9.86. The third-order valence-corrected chi connectivity index (χ3v) is 6.88. The van der Waals surface area contributed by atoms with E-state index in [1.165, 1.54) is 26.4 Å². The van der Waals surface area contributed by atoms with Crippen molar-refractivity contribution in [3.8, 4) is 11.5 Å². The number of carbonyl (C=O) groups excluding carboxylic acids is 3. The molecule has 0 spiro atoms. The number of methoxy groups -OCH3 is 2. The first-order valence-corrected chi connectivity index (χ1v) is 12.7. The maximum Gasteiger partial charge on any atom is 0.341 e. The van der Waals surface area contributed by atoms with Crippen LogP contribution in [0.5, 0.6) is 11.5 Å². The molecule has 41 heavy (non-hydrogen) atoms. The predicted octanol–water partition coefficient (Wildman–Crippen LogP) is 4.13. The Hall–Kier alpha value is -5.26. The second kappa shape index (κ2) is 11.5. The maximum absolute atomic E-state index is 14.9. The van der Waals surface area contributed by atoms with Gasteiger partial charge in [0, 0.05) is 16.8 Å². The summed E-state index contributed by atoms with van der Waals surface area (Å²) in [6.45, 7) is 1.58. The van der Waals surface area contributed by atoms with Crippen LogP contribution < -0.4 is 25.4 Å². The zero-order valence-corrected chi connectivity index (χ0v) is 22.4. The van der Waals surface area contributed by atoms with Crippen molar-refractivity contribution in [3.05, 3.63) is 83.3 Å². The van der Waals surface area contributed by atoms with Crippen molar-refractivity contribution in [1.82, 2.24) is 20.8 Å². The largest absolute Gasteiger partial charge is 0.496 e. The molecule has 0 saturated carbocycles. The number of H-pyrrole nitrogens is 1. The van der Waals surface area contributed by atoms with E-state index in [9.17, 15) is 18.8 Å². The summed E-state index contributed by atoms with van der Waals surface area (Å²) in [6, 6.07) is 12.8. The number of anilines is 1. The molecule has 0 bridgehead atoms. The number of ether oxygens (including phenoxy) is 2. The van der Waals surface area contributed by atoms with Crippen LogP contribution in [0.2, 0.25) is 0 Å². The molecule has 0 fully saturated rings. The molecule has 3 aromatic carbocycles. The Balaban J connectivity index is 1.40. The molecule has 1 aliphatic heterocycles. The Morgan fingerprint density at radius 1 is 1.05 bits per heavy atom. The molecule has 210 valence electrons. The molecule has 1 unspecified atom stereocenters. The van der Waals surface area contributed by atoms with Gasteiger partial charge in [0.1, 0.15) is 23.2 Å². The maximum atomic E-state index is 14.9. The second-order valence-corrected chi connectivity index (χ2v) is 9.38. The SMILES string of the molecule is COc1cccc(OC)c1CNC(=O)c1cc([C@@H]2NC(=O)N=C(C)C2C(=O)Nc2ccc3[nH]ncc3c2)ccc1F. The standard InChI is InChI=1S/C29H27FN6O5/c1-15-25(28(38)34-18-8-10-22-17(11-18)13-32-36-22)26(35-29(39)33-15)16-7-9-21(30)19(12-16)27(37)31-14-20-23(40-2)5-4-6-24(20)41-3/h4-13,25-26H,14H2,1-3H3,(H,31,37)(H,32,36)(H,34,38)(H,35,39)/t25?,26-/m0/s1. The van der Waals surface area contributed by atoms with Crippen LogP contribution in [0.3, 0.4) is 0 Å². The molecule has 0 radical (unpaired) electrons. The number of aromatic amines is 1. The number of nitrogens with one attached hydrogen (secondary N) is 4. The van der Waals surface area contributed by atoms with Gasteiger partial charge in [0.2, 0.25) is 5.91 Å². The predicted molar refractivity (Wildman–Crippen MR) is 150 cm³/mol. The number of hydrogen-bond acceptors (Lipinski definition) is 6. The molecular formula is C29H27FN6O5. The fourth-order valence-electron chi connectivity index (χ4n) is 4.85. The van der Waals surface area contributed by atoms with Crippen molar-refractivity contribution in [1.29, 1.82) is 0 Å². The summed E-state index contributed by atoms with van der Waals surface area (Å²) in [5, 5.41) is 15.9. The quantitative estimate of drug-likeness (QED) is 0.256. The molecule has 2 atom stereocenters. The van der Waals surface area contributed by atoms with E-state index in [0.717, 1.165) is 17.0 Å². The van der Waals surface area contributed by atoms with Gasteiger partial charge in [-0.3, -0.25) is 14.7 Å². The van der Waals surface area contributed by atoms with Crippen LogP contribution in [0.15, 0.2) is 65.8 Å². The van der Waals surface area contributed by atoms with Crippen LogP contribution in [0, 0.1) is 11.7 Å². The number of amides is 4. The van der Waals surface area contributed by atoms with E-state index in [-0.39, 0.29) is 17.8 Å². The first-order chi connectivity index (χ1) is 19.8. The van der Waals surface area contributed by atoms with Gasteiger partial charge >= 0.3 is 6.03 Å². The average Bonchev–Trinajstić information content (AvgIpc) is 3.43. The van der Waals surface area contributed by atoms with Crippen LogP contribution in [-0.4, -0.2) is 48.0 Å². The van der Waals surface area contributed by atoms with Crippen LogP contribution in [-0.2, 0) is 11.3 Å². The molecule has 0 saturated heterocycles. The molecule has 4 aromatic rings. The lowest BCUT2D eigenvalue weighted by Gasteiger charge is -2.30. The Morgan fingerprint density at radius 2 is 1.80 bits per heavy atom. The highest BCUT2D eigenvalue weighted by atomic mass is 19.1. The zero-order chi connectivity index (χ0) is 29.1. The molecule has 4 N–H and O–H groups in total. The molecular weight excluding hydrogens is 531 g/mol. The van der Waals surface area contributed by atoms with E-state index in [0.29, 0.717) is 28.3 Å². The minimum Gasteiger partial charge on any atom is -0.496 e. The summed E-state index contributed by atoms with van der Waals surface area (Å²) in [5.41, 5.74) is 2.30. The lowest BCUT2D eigenvalue weighted by molar-refractivity contribution is -0.118. The monoisotopic (exact) mass is 558 g/mol. The van der Waals surface area contributed by atoms with Crippen LogP contribution >= 0.6 is 0 Å². The summed E-state index contributed by atoms with van der Waals surface area (Å²) < 4.78 is 25.6. The average molecular weight is 559 g/mol. The minimum absolute atomic E-state index is 0.00759. The van der Waals surface area contributed by atoms with E-state index in [2.05, 4.69) is 31.1 Å². The third-order valence-electron chi connectivity index (χ3n) is 6.88. The highest BCUT2D eigenvalue weighted by Crippen LogP contribution is 2.31. The lowest BCUT2D eigenvalue weighted by Crippen LogP contribution is -2.45. The van der Waals surface area contributed by atoms with Crippen molar-refractivity contribution in [2.45, 2.75) is 19.5 Å². The Bertz CT molecular complexity index is 1660. The number of halogens is 1. The van der Waals surface area contributed by atoms with Gasteiger partial charge in [-0.1, -0.05) is 12.1 Å². The van der Waals surface area contributed by atoms with Crippen molar-refractivity contribution < 1.29 is 28.2 Å². The van der Waals surface area contributed by atoms with Gasteiger partial charge in [0.15, 0.2) is 0 Å². The molecule has 4 amide bonds.